The van der Waals surface area contributed by atoms with Crippen LogP contribution in [0.2, 0.25) is 0 Å². The van der Waals surface area contributed by atoms with Crippen molar-refractivity contribution >= 4 is 28.9 Å². The maximum absolute atomic E-state index is 13.6. The van der Waals surface area contributed by atoms with E-state index in [1.807, 2.05) is 0 Å². The second kappa shape index (κ2) is 8.28. The van der Waals surface area contributed by atoms with Gasteiger partial charge in [0.2, 0.25) is 11.8 Å². The first-order valence-corrected chi connectivity index (χ1v) is 7.78. The van der Waals surface area contributed by atoms with E-state index in [4.69, 9.17) is 4.74 Å². The number of carbonyl (C=O) groups is 2. The summed E-state index contributed by atoms with van der Waals surface area (Å²) in [5, 5.41) is 7.97. The summed E-state index contributed by atoms with van der Waals surface area (Å²) in [5.41, 5.74) is 0.956. The number of halogens is 2. The molecule has 6 nitrogen and oxygen atoms in total. The van der Waals surface area contributed by atoms with Crippen molar-refractivity contribution in [3.8, 4) is 5.75 Å². The van der Waals surface area contributed by atoms with E-state index in [2.05, 4.69) is 16.0 Å². The van der Waals surface area contributed by atoms with Gasteiger partial charge in [-0.2, -0.15) is 0 Å². The van der Waals surface area contributed by atoms with Crippen LogP contribution in [0, 0.1) is 11.6 Å². The van der Waals surface area contributed by atoms with Gasteiger partial charge in [0.25, 0.3) is 0 Å². The summed E-state index contributed by atoms with van der Waals surface area (Å²) in [5.74, 6) is -1.90. The topological polar surface area (TPSA) is 79.5 Å². The Kier molecular flexibility index (Phi) is 6.11. The Labute approximate surface area is 149 Å². The molecule has 0 bridgehead atoms. The van der Waals surface area contributed by atoms with E-state index in [9.17, 15) is 18.4 Å². The quantitative estimate of drug-likeness (QED) is 0.735. The first-order chi connectivity index (χ1) is 12.3. The second-order valence-corrected chi connectivity index (χ2v) is 5.58. The van der Waals surface area contributed by atoms with E-state index >= 15 is 0 Å². The van der Waals surface area contributed by atoms with E-state index in [0.717, 1.165) is 12.1 Å². The molecule has 2 aromatic rings. The zero-order chi connectivity index (χ0) is 19.3. The molecule has 0 aliphatic carbocycles. The molecule has 3 N–H and O–H groups in total. The van der Waals surface area contributed by atoms with E-state index in [1.54, 1.807) is 25.1 Å². The summed E-state index contributed by atoms with van der Waals surface area (Å²) in [4.78, 5) is 23.4. The molecule has 0 heterocycles. The van der Waals surface area contributed by atoms with Crippen molar-refractivity contribution in [2.45, 2.75) is 19.9 Å². The molecule has 2 amide bonds. The molecule has 0 saturated carbocycles. The van der Waals surface area contributed by atoms with E-state index < -0.39 is 23.6 Å². The van der Waals surface area contributed by atoms with Crippen molar-refractivity contribution in [3.05, 3.63) is 48.0 Å². The van der Waals surface area contributed by atoms with Gasteiger partial charge >= 0.3 is 0 Å². The van der Waals surface area contributed by atoms with Crippen LogP contribution in [-0.2, 0) is 9.59 Å². The highest BCUT2D eigenvalue weighted by molar-refractivity contribution is 5.96. The standard InChI is InChI=1S/C18H19F2N3O3/c1-10(18(25)23-15-6-4-12(19)8-14(15)20)21-13-5-7-16(22-11(2)24)17(9-13)26-3/h4-10,21H,1-3H3,(H,22,24)(H,23,25). The number of anilines is 3. The number of nitrogens with one attached hydrogen (secondary N) is 3. The van der Waals surface area contributed by atoms with Gasteiger partial charge in [-0.05, 0) is 31.2 Å². The molecule has 2 rings (SSSR count). The number of rotatable bonds is 6. The maximum atomic E-state index is 13.6. The summed E-state index contributed by atoms with van der Waals surface area (Å²) < 4.78 is 31.7. The van der Waals surface area contributed by atoms with Crippen molar-refractivity contribution in [2.75, 3.05) is 23.1 Å². The predicted molar refractivity (Wildman–Crippen MR) is 95.4 cm³/mol. The van der Waals surface area contributed by atoms with Crippen molar-refractivity contribution in [3.63, 3.8) is 0 Å². The minimum Gasteiger partial charge on any atom is -0.494 e. The average Bonchev–Trinajstić information content (AvgIpc) is 2.58. The highest BCUT2D eigenvalue weighted by atomic mass is 19.1. The highest BCUT2D eigenvalue weighted by Crippen LogP contribution is 2.28. The van der Waals surface area contributed by atoms with Crippen LogP contribution in [0.1, 0.15) is 13.8 Å². The van der Waals surface area contributed by atoms with Crippen LogP contribution in [-0.4, -0.2) is 25.0 Å². The molecule has 0 spiro atoms. The predicted octanol–water partition coefficient (Wildman–Crippen LogP) is 3.37. The first kappa shape index (κ1) is 19.2. The molecule has 0 fully saturated rings. The normalized spacial score (nSPS) is 11.4. The van der Waals surface area contributed by atoms with Crippen LogP contribution in [0.4, 0.5) is 25.8 Å². The minimum atomic E-state index is -0.855. The summed E-state index contributed by atoms with van der Waals surface area (Å²) in [6.07, 6.45) is 0. The number of amides is 2. The number of hydrogen-bond acceptors (Lipinski definition) is 4. The fraction of sp³-hybridized carbons (Fsp3) is 0.222. The molecule has 26 heavy (non-hydrogen) atoms. The zero-order valence-corrected chi connectivity index (χ0v) is 14.5. The zero-order valence-electron chi connectivity index (χ0n) is 14.5. The Hall–Kier alpha value is -3.16. The van der Waals surface area contributed by atoms with Gasteiger partial charge in [-0.3, -0.25) is 9.59 Å². The molecular formula is C18H19F2N3O3. The van der Waals surface area contributed by atoms with Gasteiger partial charge in [-0.1, -0.05) is 0 Å². The van der Waals surface area contributed by atoms with Gasteiger partial charge in [0.15, 0.2) is 0 Å². The molecule has 0 saturated heterocycles. The molecule has 0 aliphatic heterocycles. The van der Waals surface area contributed by atoms with Crippen molar-refractivity contribution in [1.82, 2.24) is 0 Å². The first-order valence-electron chi connectivity index (χ1n) is 7.78. The third-order valence-electron chi connectivity index (χ3n) is 3.48. The summed E-state index contributed by atoms with van der Waals surface area (Å²) >= 11 is 0. The Bertz CT molecular complexity index is 827. The number of hydrogen-bond donors (Lipinski definition) is 3. The smallest absolute Gasteiger partial charge is 0.246 e. The maximum Gasteiger partial charge on any atom is 0.246 e. The molecule has 1 unspecified atom stereocenters. The van der Waals surface area contributed by atoms with Crippen LogP contribution in [0.15, 0.2) is 36.4 Å². The van der Waals surface area contributed by atoms with Crippen molar-refractivity contribution < 1.29 is 23.1 Å². The van der Waals surface area contributed by atoms with Gasteiger partial charge in [0.05, 0.1) is 18.5 Å². The monoisotopic (exact) mass is 363 g/mol. The lowest BCUT2D eigenvalue weighted by atomic mass is 10.2. The number of methoxy groups -OCH3 is 1. The number of benzene rings is 2. The fourth-order valence-electron chi connectivity index (χ4n) is 2.22. The lowest BCUT2D eigenvalue weighted by Crippen LogP contribution is -2.32. The van der Waals surface area contributed by atoms with Gasteiger partial charge in [0.1, 0.15) is 23.4 Å². The minimum absolute atomic E-state index is 0.108. The SMILES string of the molecule is COc1cc(NC(C)C(=O)Nc2ccc(F)cc2F)ccc1NC(C)=O. The number of ether oxygens (including phenoxy) is 1. The van der Waals surface area contributed by atoms with Crippen LogP contribution >= 0.6 is 0 Å². The molecule has 0 aliphatic rings. The molecule has 138 valence electrons. The van der Waals surface area contributed by atoms with Crippen molar-refractivity contribution in [2.24, 2.45) is 0 Å². The molecule has 8 heteroatoms. The van der Waals surface area contributed by atoms with Gasteiger partial charge in [-0.25, -0.2) is 8.78 Å². The van der Waals surface area contributed by atoms with E-state index in [0.29, 0.717) is 23.2 Å². The third-order valence-corrected chi connectivity index (χ3v) is 3.48. The van der Waals surface area contributed by atoms with E-state index in [-0.39, 0.29) is 11.6 Å². The Morgan fingerprint density at radius 3 is 2.35 bits per heavy atom. The molecule has 1 atom stereocenters. The average molecular weight is 363 g/mol. The largest absolute Gasteiger partial charge is 0.494 e. The molecule has 2 aromatic carbocycles. The summed E-state index contributed by atoms with van der Waals surface area (Å²) in [6, 6.07) is 7.11. The Morgan fingerprint density at radius 1 is 1.04 bits per heavy atom. The van der Waals surface area contributed by atoms with Gasteiger partial charge < -0.3 is 20.7 Å². The second-order valence-electron chi connectivity index (χ2n) is 5.58. The lowest BCUT2D eigenvalue weighted by Gasteiger charge is -2.17. The molecule has 0 radical (unpaired) electrons. The summed E-state index contributed by atoms with van der Waals surface area (Å²) in [7, 11) is 1.46. The third kappa shape index (κ3) is 4.92. The Morgan fingerprint density at radius 2 is 1.73 bits per heavy atom. The van der Waals surface area contributed by atoms with Crippen LogP contribution < -0.4 is 20.7 Å². The van der Waals surface area contributed by atoms with Gasteiger partial charge in [0, 0.05) is 24.7 Å². The van der Waals surface area contributed by atoms with Crippen LogP contribution in [0.25, 0.3) is 0 Å². The highest BCUT2D eigenvalue weighted by Gasteiger charge is 2.16. The van der Waals surface area contributed by atoms with E-state index in [1.165, 1.54) is 14.0 Å². The Balaban J connectivity index is 2.07. The van der Waals surface area contributed by atoms with Crippen LogP contribution in [0.3, 0.4) is 0 Å². The number of carbonyl (C=O) groups excluding carboxylic acids is 2. The molecule has 0 aromatic heterocycles. The summed E-state index contributed by atoms with van der Waals surface area (Å²) in [6.45, 7) is 2.97. The fourth-order valence-corrected chi connectivity index (χ4v) is 2.22. The van der Waals surface area contributed by atoms with Crippen LogP contribution in [0.5, 0.6) is 5.75 Å². The molecular weight excluding hydrogens is 344 g/mol. The van der Waals surface area contributed by atoms with Gasteiger partial charge in [-0.15, -0.1) is 0 Å². The van der Waals surface area contributed by atoms with Crippen molar-refractivity contribution in [1.29, 1.82) is 0 Å². The lowest BCUT2D eigenvalue weighted by molar-refractivity contribution is -0.116.